The van der Waals surface area contributed by atoms with Crippen molar-refractivity contribution in [3.8, 4) is 0 Å². The molecule has 0 unspecified atom stereocenters. The highest BCUT2D eigenvalue weighted by molar-refractivity contribution is 6.36. The zero-order valence-corrected chi connectivity index (χ0v) is 18.1. The second-order valence-corrected chi connectivity index (χ2v) is 9.23. The molecule has 1 aliphatic heterocycles. The predicted molar refractivity (Wildman–Crippen MR) is 117 cm³/mol. The van der Waals surface area contributed by atoms with E-state index in [1.807, 2.05) is 12.1 Å². The van der Waals surface area contributed by atoms with E-state index in [0.29, 0.717) is 23.5 Å². The van der Waals surface area contributed by atoms with Crippen molar-refractivity contribution in [1.29, 1.82) is 0 Å². The first-order valence-electron chi connectivity index (χ1n) is 10.6. The molecule has 3 aliphatic carbocycles. The number of nitrogens with zero attached hydrogens (tertiary/aromatic N) is 1. The highest BCUT2D eigenvalue weighted by Crippen LogP contribution is 2.63. The summed E-state index contributed by atoms with van der Waals surface area (Å²) in [7, 11) is 0. The number of hydrogen-bond acceptors (Lipinski definition) is 3. The van der Waals surface area contributed by atoms with Gasteiger partial charge >= 0.3 is 6.18 Å². The number of rotatable bonds is 2. The Kier molecular flexibility index (Phi) is 4.22. The average Bonchev–Trinajstić information content (AvgIpc) is 3.09. The fraction of sp³-hybridized carbons (Fsp3) is 0.192. The van der Waals surface area contributed by atoms with Gasteiger partial charge in [0.15, 0.2) is 0 Å². The number of carbonyl (C=O) groups excluding carboxylic acids is 3. The summed E-state index contributed by atoms with van der Waals surface area (Å²) in [5.41, 5.74) is 0.0559. The average molecular weight is 482 g/mol. The van der Waals surface area contributed by atoms with E-state index in [1.54, 1.807) is 36.4 Å². The lowest BCUT2D eigenvalue weighted by Gasteiger charge is -2.51. The van der Waals surface area contributed by atoms with Crippen LogP contribution in [0.3, 0.4) is 0 Å². The third-order valence-electron chi connectivity index (χ3n) is 7.38. The first-order chi connectivity index (χ1) is 16.2. The molecule has 3 aromatic rings. The fourth-order valence-corrected chi connectivity index (χ4v) is 6.33. The van der Waals surface area contributed by atoms with E-state index in [-0.39, 0.29) is 10.7 Å². The molecule has 7 rings (SSSR count). The van der Waals surface area contributed by atoms with E-state index in [2.05, 4.69) is 0 Å². The highest BCUT2D eigenvalue weighted by Gasteiger charge is 2.68. The quantitative estimate of drug-likeness (QED) is 0.377. The molecule has 0 N–H and O–H groups in total. The summed E-state index contributed by atoms with van der Waals surface area (Å²) in [6.07, 6.45) is -3.98. The van der Waals surface area contributed by atoms with Gasteiger partial charge in [-0.3, -0.25) is 9.59 Å². The van der Waals surface area contributed by atoms with Crippen molar-refractivity contribution in [3.05, 3.63) is 99.6 Å². The van der Waals surface area contributed by atoms with Crippen LogP contribution in [0.15, 0.2) is 66.7 Å². The molecule has 2 amide bonds. The van der Waals surface area contributed by atoms with Crippen LogP contribution in [0, 0.1) is 11.8 Å². The topological polar surface area (TPSA) is 54.5 Å². The van der Waals surface area contributed by atoms with Crippen LogP contribution in [0.2, 0.25) is 5.02 Å². The van der Waals surface area contributed by atoms with E-state index in [9.17, 15) is 27.6 Å². The van der Waals surface area contributed by atoms with Gasteiger partial charge < -0.3 is 4.79 Å². The summed E-state index contributed by atoms with van der Waals surface area (Å²) >= 11 is 6.21. The monoisotopic (exact) mass is 481 g/mol. The number of anilines is 1. The molecular weight excluding hydrogens is 467 g/mol. The Morgan fingerprint density at radius 1 is 0.882 bits per heavy atom. The lowest BCUT2D eigenvalue weighted by molar-refractivity contribution is -0.137. The predicted octanol–water partition coefficient (Wildman–Crippen LogP) is 5.11. The molecule has 4 aliphatic rings. The van der Waals surface area contributed by atoms with Crippen molar-refractivity contribution in [3.63, 3.8) is 0 Å². The smallest absolute Gasteiger partial charge is 0.302 e. The highest BCUT2D eigenvalue weighted by atomic mass is 35.5. The third kappa shape index (κ3) is 2.42. The summed E-state index contributed by atoms with van der Waals surface area (Å²) in [5, 5.41) is -0.157. The number of aldehydes is 1. The first kappa shape index (κ1) is 21.1. The van der Waals surface area contributed by atoms with Gasteiger partial charge in [-0.2, -0.15) is 13.2 Å². The van der Waals surface area contributed by atoms with Gasteiger partial charge in [-0.25, -0.2) is 4.90 Å². The normalized spacial score (nSPS) is 26.8. The van der Waals surface area contributed by atoms with Crippen molar-refractivity contribution < 1.29 is 27.6 Å². The van der Waals surface area contributed by atoms with Crippen LogP contribution in [0.4, 0.5) is 18.9 Å². The number of amides is 2. The molecular formula is C26H15ClF3NO3. The van der Waals surface area contributed by atoms with Gasteiger partial charge in [0.2, 0.25) is 11.8 Å². The minimum atomic E-state index is -4.69. The van der Waals surface area contributed by atoms with Crippen molar-refractivity contribution in [2.75, 3.05) is 4.90 Å². The second kappa shape index (κ2) is 6.79. The Hall–Kier alpha value is -3.45. The Morgan fingerprint density at radius 3 is 2.03 bits per heavy atom. The van der Waals surface area contributed by atoms with Crippen LogP contribution in [-0.4, -0.2) is 18.1 Å². The van der Waals surface area contributed by atoms with Gasteiger partial charge in [-0.15, -0.1) is 0 Å². The summed E-state index contributed by atoms with van der Waals surface area (Å²) in [6.45, 7) is 0. The Labute approximate surface area is 196 Å². The molecule has 1 saturated heterocycles. The Balaban J connectivity index is 1.61. The number of benzene rings is 3. The van der Waals surface area contributed by atoms with Gasteiger partial charge in [-0.1, -0.05) is 60.1 Å². The van der Waals surface area contributed by atoms with Gasteiger partial charge in [0.25, 0.3) is 0 Å². The number of alkyl halides is 3. The van der Waals surface area contributed by atoms with E-state index in [0.717, 1.165) is 28.2 Å². The number of hydrogen-bond donors (Lipinski definition) is 0. The molecule has 1 heterocycles. The van der Waals surface area contributed by atoms with Crippen LogP contribution in [-0.2, 0) is 26.0 Å². The summed E-state index contributed by atoms with van der Waals surface area (Å²) in [5.74, 6) is -3.91. The van der Waals surface area contributed by atoms with E-state index < -0.39 is 46.7 Å². The standard InChI is InChI=1S/C26H15ClF3NO3/c27-18-10-9-13(26(28,29)30)11-19(18)31-23(33)21-20-14-5-1-3-7-16(14)25(12-32,22(21)24(31)34)17-8-4-2-6-15(17)20/h1-12,20-22H/t20?,21-,22-,25?/m1/s1. The van der Waals surface area contributed by atoms with E-state index >= 15 is 0 Å². The number of carbonyl (C=O) groups is 3. The minimum Gasteiger partial charge on any atom is -0.302 e. The maximum atomic E-state index is 13.8. The van der Waals surface area contributed by atoms with Crippen molar-refractivity contribution in [2.45, 2.75) is 17.5 Å². The molecule has 2 bridgehead atoms. The Morgan fingerprint density at radius 2 is 1.47 bits per heavy atom. The van der Waals surface area contributed by atoms with E-state index in [4.69, 9.17) is 11.6 Å². The minimum absolute atomic E-state index is 0.157. The zero-order valence-electron chi connectivity index (χ0n) is 17.3. The van der Waals surface area contributed by atoms with Crippen LogP contribution >= 0.6 is 11.6 Å². The third-order valence-corrected chi connectivity index (χ3v) is 7.70. The molecule has 0 saturated carbocycles. The molecule has 34 heavy (non-hydrogen) atoms. The maximum Gasteiger partial charge on any atom is 0.416 e. The zero-order chi connectivity index (χ0) is 24.0. The molecule has 0 aromatic heterocycles. The van der Waals surface area contributed by atoms with Gasteiger partial charge in [0, 0.05) is 5.92 Å². The lowest BCUT2D eigenvalue weighted by Crippen LogP contribution is -2.54. The number of imide groups is 1. The second-order valence-electron chi connectivity index (χ2n) is 8.82. The van der Waals surface area contributed by atoms with Crippen molar-refractivity contribution >= 4 is 35.4 Å². The maximum absolute atomic E-state index is 13.8. The lowest BCUT2D eigenvalue weighted by atomic mass is 9.48. The molecule has 0 radical (unpaired) electrons. The molecule has 2 atom stereocenters. The summed E-state index contributed by atoms with van der Waals surface area (Å²) in [6, 6.07) is 16.9. The van der Waals surface area contributed by atoms with Gasteiger partial charge in [-0.05, 0) is 40.5 Å². The largest absolute Gasteiger partial charge is 0.416 e. The fourth-order valence-electron chi connectivity index (χ4n) is 6.13. The summed E-state index contributed by atoms with van der Waals surface area (Å²) < 4.78 is 40.2. The van der Waals surface area contributed by atoms with Gasteiger partial charge in [0.1, 0.15) is 6.29 Å². The first-order valence-corrected chi connectivity index (χ1v) is 11.0. The molecule has 3 aromatic carbocycles. The molecule has 1 fully saturated rings. The van der Waals surface area contributed by atoms with Crippen LogP contribution in [0.1, 0.15) is 33.7 Å². The SMILES string of the molecule is O=CC12c3ccccc3C(c3ccccc31)[C@H]1C(=O)N(c3cc(C(F)(F)F)ccc3Cl)C(=O)[C@@H]12. The van der Waals surface area contributed by atoms with E-state index in [1.165, 1.54) is 0 Å². The number of halogens is 4. The molecule has 0 spiro atoms. The Bertz CT molecular complexity index is 1370. The van der Waals surface area contributed by atoms with Crippen molar-refractivity contribution in [2.24, 2.45) is 11.8 Å². The molecule has 4 nitrogen and oxygen atoms in total. The summed E-state index contributed by atoms with van der Waals surface area (Å²) in [4.78, 5) is 41.3. The van der Waals surface area contributed by atoms with Gasteiger partial charge in [0.05, 0.1) is 33.5 Å². The molecule has 8 heteroatoms. The molecule has 170 valence electrons. The van der Waals surface area contributed by atoms with Crippen LogP contribution < -0.4 is 4.90 Å². The van der Waals surface area contributed by atoms with Crippen molar-refractivity contribution in [1.82, 2.24) is 0 Å². The van der Waals surface area contributed by atoms with Crippen LogP contribution in [0.5, 0.6) is 0 Å². The van der Waals surface area contributed by atoms with Crippen LogP contribution in [0.25, 0.3) is 0 Å².